The summed E-state index contributed by atoms with van der Waals surface area (Å²) in [5, 5.41) is 5.10. The normalized spacial score (nSPS) is 14.8. The Hall–Kier alpha value is -2.34. The predicted octanol–water partition coefficient (Wildman–Crippen LogP) is 3.04. The number of carbonyl (C=O) groups is 2. The highest BCUT2D eigenvalue weighted by molar-refractivity contribution is 7.10. The quantitative estimate of drug-likeness (QED) is 0.796. The maximum atomic E-state index is 12.3. The number of amides is 2. The standard InChI is InChI=1S/C21H26N2O3S/c1-2-26-18-7-5-16(6-8-18)14-20(24)22-17-9-11-23(12-10-17)21(25)15-19-4-3-13-27-19/h3-8,13,17H,2,9-12,14-15H2,1H3,(H,22,24). The second kappa shape index (κ2) is 9.55. The Morgan fingerprint density at radius 1 is 1.15 bits per heavy atom. The summed E-state index contributed by atoms with van der Waals surface area (Å²) in [7, 11) is 0. The van der Waals surface area contributed by atoms with Crippen molar-refractivity contribution in [1.29, 1.82) is 0 Å². The van der Waals surface area contributed by atoms with Crippen LogP contribution in [0.25, 0.3) is 0 Å². The molecule has 0 unspecified atom stereocenters. The summed E-state index contributed by atoms with van der Waals surface area (Å²) >= 11 is 1.62. The average molecular weight is 387 g/mol. The van der Waals surface area contributed by atoms with Crippen LogP contribution >= 0.6 is 11.3 Å². The van der Waals surface area contributed by atoms with Crippen LogP contribution in [0, 0.1) is 0 Å². The van der Waals surface area contributed by atoms with Crippen LogP contribution in [0.5, 0.6) is 5.75 Å². The molecule has 2 aromatic rings. The highest BCUT2D eigenvalue weighted by Gasteiger charge is 2.24. The molecule has 0 aliphatic carbocycles. The van der Waals surface area contributed by atoms with Gasteiger partial charge in [-0.2, -0.15) is 0 Å². The summed E-state index contributed by atoms with van der Waals surface area (Å²) in [5.41, 5.74) is 0.972. The summed E-state index contributed by atoms with van der Waals surface area (Å²) in [6, 6.07) is 11.8. The van der Waals surface area contributed by atoms with Gasteiger partial charge in [-0.05, 0) is 48.9 Å². The Kier molecular flexibility index (Phi) is 6.87. The fraction of sp³-hybridized carbons (Fsp3) is 0.429. The van der Waals surface area contributed by atoms with Gasteiger partial charge in [0.1, 0.15) is 5.75 Å². The van der Waals surface area contributed by atoms with Crippen molar-refractivity contribution < 1.29 is 14.3 Å². The molecule has 1 aromatic heterocycles. The highest BCUT2D eigenvalue weighted by Crippen LogP contribution is 2.16. The minimum Gasteiger partial charge on any atom is -0.494 e. The van der Waals surface area contributed by atoms with Crippen LogP contribution in [0.4, 0.5) is 0 Å². The molecule has 144 valence electrons. The van der Waals surface area contributed by atoms with E-state index in [2.05, 4.69) is 5.32 Å². The van der Waals surface area contributed by atoms with Crippen molar-refractivity contribution in [3.63, 3.8) is 0 Å². The van der Waals surface area contributed by atoms with Crippen LogP contribution in [0.15, 0.2) is 41.8 Å². The lowest BCUT2D eigenvalue weighted by Gasteiger charge is -2.32. The molecule has 1 saturated heterocycles. The number of nitrogens with zero attached hydrogens (tertiary/aromatic N) is 1. The molecule has 2 amide bonds. The second-order valence-electron chi connectivity index (χ2n) is 6.73. The zero-order chi connectivity index (χ0) is 19.1. The van der Waals surface area contributed by atoms with Crippen molar-refractivity contribution in [2.45, 2.75) is 38.6 Å². The molecule has 2 heterocycles. The number of hydrogen-bond donors (Lipinski definition) is 1. The van der Waals surface area contributed by atoms with E-state index in [1.165, 1.54) is 0 Å². The second-order valence-corrected chi connectivity index (χ2v) is 7.76. The Morgan fingerprint density at radius 3 is 2.52 bits per heavy atom. The van der Waals surface area contributed by atoms with Gasteiger partial charge in [-0.25, -0.2) is 0 Å². The fourth-order valence-corrected chi connectivity index (χ4v) is 3.98. The van der Waals surface area contributed by atoms with Gasteiger partial charge in [-0.15, -0.1) is 11.3 Å². The maximum Gasteiger partial charge on any atom is 0.227 e. The number of likely N-dealkylation sites (tertiary alicyclic amines) is 1. The summed E-state index contributed by atoms with van der Waals surface area (Å²) in [4.78, 5) is 27.7. The van der Waals surface area contributed by atoms with E-state index in [0.717, 1.165) is 29.0 Å². The maximum absolute atomic E-state index is 12.3. The van der Waals surface area contributed by atoms with E-state index in [4.69, 9.17) is 4.74 Å². The van der Waals surface area contributed by atoms with Crippen molar-refractivity contribution in [3.05, 3.63) is 52.2 Å². The van der Waals surface area contributed by atoms with Gasteiger partial charge in [-0.1, -0.05) is 18.2 Å². The average Bonchev–Trinajstić information content (AvgIpc) is 3.17. The van der Waals surface area contributed by atoms with E-state index in [9.17, 15) is 9.59 Å². The summed E-state index contributed by atoms with van der Waals surface area (Å²) in [5.74, 6) is 1.03. The van der Waals surface area contributed by atoms with Gasteiger partial charge in [0.25, 0.3) is 0 Å². The van der Waals surface area contributed by atoms with Crippen LogP contribution in [0.2, 0.25) is 0 Å². The molecule has 0 radical (unpaired) electrons. The molecule has 0 bridgehead atoms. The zero-order valence-corrected chi connectivity index (χ0v) is 16.5. The SMILES string of the molecule is CCOc1ccc(CC(=O)NC2CCN(C(=O)Cc3cccs3)CC2)cc1. The van der Waals surface area contributed by atoms with Gasteiger partial charge in [0.2, 0.25) is 11.8 Å². The van der Waals surface area contributed by atoms with E-state index >= 15 is 0 Å². The molecule has 5 nitrogen and oxygen atoms in total. The number of carbonyl (C=O) groups excluding carboxylic acids is 2. The van der Waals surface area contributed by atoms with Crippen molar-refractivity contribution in [1.82, 2.24) is 10.2 Å². The number of ether oxygens (including phenoxy) is 1. The van der Waals surface area contributed by atoms with Gasteiger partial charge in [0.15, 0.2) is 0 Å². The van der Waals surface area contributed by atoms with Crippen LogP contribution in [-0.2, 0) is 22.4 Å². The molecule has 0 atom stereocenters. The van der Waals surface area contributed by atoms with E-state index in [-0.39, 0.29) is 17.9 Å². The number of piperidine rings is 1. The molecule has 0 spiro atoms. The largest absolute Gasteiger partial charge is 0.494 e. The van der Waals surface area contributed by atoms with Gasteiger partial charge in [0, 0.05) is 24.0 Å². The lowest BCUT2D eigenvalue weighted by atomic mass is 10.0. The third-order valence-corrected chi connectivity index (χ3v) is 5.59. The van der Waals surface area contributed by atoms with Crippen molar-refractivity contribution in [2.75, 3.05) is 19.7 Å². The molecule has 6 heteroatoms. The Bertz CT molecular complexity index is 735. The lowest BCUT2D eigenvalue weighted by Crippen LogP contribution is -2.47. The topological polar surface area (TPSA) is 58.6 Å². The number of thiophene rings is 1. The minimum atomic E-state index is 0.0301. The van der Waals surface area contributed by atoms with Gasteiger partial charge in [0.05, 0.1) is 19.4 Å². The number of nitrogens with one attached hydrogen (secondary N) is 1. The van der Waals surface area contributed by atoms with E-state index in [1.54, 1.807) is 11.3 Å². The summed E-state index contributed by atoms with van der Waals surface area (Å²) in [6.45, 7) is 3.99. The smallest absolute Gasteiger partial charge is 0.227 e. The highest BCUT2D eigenvalue weighted by atomic mass is 32.1. The van der Waals surface area contributed by atoms with Gasteiger partial charge in [-0.3, -0.25) is 9.59 Å². The van der Waals surface area contributed by atoms with E-state index in [0.29, 0.717) is 32.5 Å². The Morgan fingerprint density at radius 2 is 1.89 bits per heavy atom. The first kappa shape index (κ1) is 19.4. The van der Waals surface area contributed by atoms with Crippen LogP contribution < -0.4 is 10.1 Å². The van der Waals surface area contributed by atoms with Crippen LogP contribution in [0.3, 0.4) is 0 Å². The first-order valence-electron chi connectivity index (χ1n) is 9.45. The lowest BCUT2D eigenvalue weighted by molar-refractivity contribution is -0.131. The first-order valence-corrected chi connectivity index (χ1v) is 10.3. The third kappa shape index (κ3) is 5.82. The Labute approximate surface area is 164 Å². The molecule has 1 aliphatic rings. The number of hydrogen-bond acceptors (Lipinski definition) is 4. The third-order valence-electron chi connectivity index (χ3n) is 4.72. The molecule has 0 saturated carbocycles. The van der Waals surface area contributed by atoms with E-state index < -0.39 is 0 Å². The predicted molar refractivity (Wildman–Crippen MR) is 107 cm³/mol. The molecule has 1 aromatic carbocycles. The molecular weight excluding hydrogens is 360 g/mol. The van der Waals surface area contributed by atoms with E-state index in [1.807, 2.05) is 53.6 Å². The number of benzene rings is 1. The van der Waals surface area contributed by atoms with Crippen LogP contribution in [-0.4, -0.2) is 42.5 Å². The Balaban J connectivity index is 1.40. The zero-order valence-electron chi connectivity index (χ0n) is 15.6. The minimum absolute atomic E-state index is 0.0301. The van der Waals surface area contributed by atoms with Crippen LogP contribution in [0.1, 0.15) is 30.2 Å². The first-order chi connectivity index (χ1) is 13.1. The summed E-state index contributed by atoms with van der Waals surface area (Å²) < 4.78 is 5.42. The molecule has 1 N–H and O–H groups in total. The fourth-order valence-electron chi connectivity index (χ4n) is 3.28. The summed E-state index contributed by atoms with van der Waals surface area (Å²) in [6.07, 6.45) is 2.47. The molecule has 3 rings (SSSR count). The van der Waals surface area contributed by atoms with Crippen molar-refractivity contribution >= 4 is 23.2 Å². The van der Waals surface area contributed by atoms with Crippen molar-refractivity contribution in [2.24, 2.45) is 0 Å². The van der Waals surface area contributed by atoms with Gasteiger partial charge >= 0.3 is 0 Å². The van der Waals surface area contributed by atoms with Gasteiger partial charge < -0.3 is 15.0 Å². The van der Waals surface area contributed by atoms with Crippen molar-refractivity contribution in [3.8, 4) is 5.75 Å². The molecule has 1 fully saturated rings. The number of rotatable bonds is 7. The molecule has 27 heavy (non-hydrogen) atoms. The molecular formula is C21H26N2O3S. The molecule has 1 aliphatic heterocycles. The monoisotopic (exact) mass is 386 g/mol.